The van der Waals surface area contributed by atoms with Crippen LogP contribution < -0.4 is 5.56 Å². The third-order valence-corrected chi connectivity index (χ3v) is 2.23. The molecule has 1 rings (SSSR count). The number of pyridine rings is 1. The van der Waals surface area contributed by atoms with Crippen molar-refractivity contribution in [1.82, 2.24) is 4.57 Å². The first-order valence-corrected chi connectivity index (χ1v) is 5.15. The molecule has 0 atom stereocenters. The lowest BCUT2D eigenvalue weighted by Gasteiger charge is -2.02. The summed E-state index contributed by atoms with van der Waals surface area (Å²) in [5.41, 5.74) is -1.35. The van der Waals surface area contributed by atoms with Gasteiger partial charge in [-0.15, -0.1) is 0 Å². The minimum atomic E-state index is -1.15. The predicted octanol–water partition coefficient (Wildman–Crippen LogP) is 1.16. The summed E-state index contributed by atoms with van der Waals surface area (Å²) >= 11 is 3.03. The van der Waals surface area contributed by atoms with Crippen molar-refractivity contribution >= 4 is 27.6 Å². The van der Waals surface area contributed by atoms with E-state index in [0.717, 1.165) is 16.7 Å². The van der Waals surface area contributed by atoms with Gasteiger partial charge in [0.05, 0.1) is 4.92 Å². The average Bonchev–Trinajstić information content (AvgIpc) is 2.21. The number of nitro groups is 1. The van der Waals surface area contributed by atoms with Gasteiger partial charge in [-0.3, -0.25) is 14.9 Å². The molecular formula is C9H7BrN2O5. The number of rotatable bonds is 4. The molecule has 1 aromatic heterocycles. The SMILES string of the molecule is O=C(O)/C=C/Cn1cc(Br)cc([N+](=O)[O-])c1=O. The Balaban J connectivity index is 3.12. The molecule has 0 aromatic carbocycles. The van der Waals surface area contributed by atoms with Gasteiger partial charge in [0.2, 0.25) is 0 Å². The summed E-state index contributed by atoms with van der Waals surface area (Å²) in [5.74, 6) is -1.15. The molecule has 8 heteroatoms. The number of aliphatic carboxylic acids is 1. The largest absolute Gasteiger partial charge is 0.478 e. The molecule has 0 spiro atoms. The summed E-state index contributed by atoms with van der Waals surface area (Å²) in [6, 6.07) is 1.10. The quantitative estimate of drug-likeness (QED) is 0.511. The summed E-state index contributed by atoms with van der Waals surface area (Å²) in [5, 5.41) is 18.9. The summed E-state index contributed by atoms with van der Waals surface area (Å²) in [6.45, 7) is -0.0502. The van der Waals surface area contributed by atoms with Gasteiger partial charge in [-0.2, -0.15) is 0 Å². The van der Waals surface area contributed by atoms with Crippen molar-refractivity contribution in [2.24, 2.45) is 0 Å². The zero-order valence-corrected chi connectivity index (χ0v) is 9.96. The first-order valence-electron chi connectivity index (χ1n) is 4.35. The zero-order chi connectivity index (χ0) is 13.0. The Morgan fingerprint density at radius 1 is 1.65 bits per heavy atom. The van der Waals surface area contributed by atoms with Crippen LogP contribution in [0.5, 0.6) is 0 Å². The van der Waals surface area contributed by atoms with E-state index in [9.17, 15) is 19.7 Å². The van der Waals surface area contributed by atoms with Crippen molar-refractivity contribution in [2.45, 2.75) is 6.54 Å². The number of hydrogen-bond donors (Lipinski definition) is 1. The lowest BCUT2D eigenvalue weighted by Crippen LogP contribution is -2.21. The number of carboxylic acids is 1. The van der Waals surface area contributed by atoms with E-state index < -0.39 is 22.1 Å². The molecule has 0 bridgehead atoms. The van der Waals surface area contributed by atoms with E-state index in [1.54, 1.807) is 0 Å². The lowest BCUT2D eigenvalue weighted by atomic mass is 10.4. The molecule has 0 unspecified atom stereocenters. The van der Waals surface area contributed by atoms with Gasteiger partial charge in [0.1, 0.15) is 0 Å². The molecular weight excluding hydrogens is 296 g/mol. The van der Waals surface area contributed by atoms with Gasteiger partial charge < -0.3 is 9.67 Å². The highest BCUT2D eigenvalue weighted by Crippen LogP contribution is 2.13. The van der Waals surface area contributed by atoms with Crippen molar-refractivity contribution in [3.63, 3.8) is 0 Å². The van der Waals surface area contributed by atoms with Crippen LogP contribution in [-0.2, 0) is 11.3 Å². The van der Waals surface area contributed by atoms with Gasteiger partial charge in [-0.25, -0.2) is 4.79 Å². The molecule has 90 valence electrons. The first kappa shape index (κ1) is 13.1. The van der Waals surface area contributed by atoms with Crippen LogP contribution in [0.25, 0.3) is 0 Å². The fourth-order valence-corrected chi connectivity index (χ4v) is 1.58. The van der Waals surface area contributed by atoms with Crippen LogP contribution in [0.4, 0.5) is 5.69 Å². The molecule has 0 aliphatic rings. The van der Waals surface area contributed by atoms with Gasteiger partial charge in [-0.1, -0.05) is 6.08 Å². The second kappa shape index (κ2) is 5.39. The van der Waals surface area contributed by atoms with E-state index in [0.29, 0.717) is 4.47 Å². The standard InChI is InChI=1S/C9H7BrN2O5/c10-6-4-7(12(16)17)9(15)11(5-6)3-1-2-8(13)14/h1-2,4-5H,3H2,(H,13,14)/b2-1+. The molecule has 17 heavy (non-hydrogen) atoms. The summed E-state index contributed by atoms with van der Waals surface area (Å²) in [4.78, 5) is 31.6. The smallest absolute Gasteiger partial charge is 0.335 e. The van der Waals surface area contributed by atoms with Crippen molar-refractivity contribution < 1.29 is 14.8 Å². The van der Waals surface area contributed by atoms with Crippen LogP contribution >= 0.6 is 15.9 Å². The van der Waals surface area contributed by atoms with Crippen LogP contribution in [-0.4, -0.2) is 20.6 Å². The third-order valence-electron chi connectivity index (χ3n) is 1.79. The van der Waals surface area contributed by atoms with Crippen molar-refractivity contribution in [2.75, 3.05) is 0 Å². The second-order valence-corrected chi connectivity index (χ2v) is 3.91. The Hall–Kier alpha value is -1.96. The van der Waals surface area contributed by atoms with Crippen molar-refractivity contribution in [3.8, 4) is 0 Å². The van der Waals surface area contributed by atoms with Crippen molar-refractivity contribution in [1.29, 1.82) is 0 Å². The highest BCUT2D eigenvalue weighted by atomic mass is 79.9. The summed E-state index contributed by atoms with van der Waals surface area (Å²) < 4.78 is 1.41. The fourth-order valence-electron chi connectivity index (χ4n) is 1.12. The number of allylic oxidation sites excluding steroid dienone is 1. The minimum absolute atomic E-state index is 0.0502. The maximum absolute atomic E-state index is 11.6. The maximum Gasteiger partial charge on any atom is 0.335 e. The Labute approximate surface area is 103 Å². The van der Waals surface area contributed by atoms with Gasteiger partial charge in [0, 0.05) is 29.4 Å². The molecule has 0 amide bonds. The molecule has 7 nitrogen and oxygen atoms in total. The molecule has 0 aliphatic carbocycles. The van der Waals surface area contributed by atoms with E-state index >= 15 is 0 Å². The highest BCUT2D eigenvalue weighted by Gasteiger charge is 2.15. The number of nitrogens with zero attached hydrogens (tertiary/aromatic N) is 2. The normalized spacial score (nSPS) is 10.6. The molecule has 1 aromatic rings. The van der Waals surface area contributed by atoms with Gasteiger partial charge in [0.15, 0.2) is 0 Å². The fraction of sp³-hybridized carbons (Fsp3) is 0.111. The maximum atomic E-state index is 11.6. The van der Waals surface area contributed by atoms with E-state index in [2.05, 4.69) is 15.9 Å². The number of carbonyl (C=O) groups is 1. The highest BCUT2D eigenvalue weighted by molar-refractivity contribution is 9.10. The van der Waals surface area contributed by atoms with Gasteiger partial charge in [0.25, 0.3) is 0 Å². The third kappa shape index (κ3) is 3.52. The topological polar surface area (TPSA) is 102 Å². The van der Waals surface area contributed by atoms with Crippen LogP contribution in [0.2, 0.25) is 0 Å². The van der Waals surface area contributed by atoms with E-state index in [1.165, 1.54) is 12.3 Å². The van der Waals surface area contributed by atoms with E-state index in [1.807, 2.05) is 0 Å². The molecule has 0 fully saturated rings. The lowest BCUT2D eigenvalue weighted by molar-refractivity contribution is -0.386. The predicted molar refractivity (Wildman–Crippen MR) is 61.8 cm³/mol. The van der Waals surface area contributed by atoms with Crippen molar-refractivity contribution in [3.05, 3.63) is 49.4 Å². The molecule has 0 saturated carbocycles. The number of halogens is 1. The molecule has 0 aliphatic heterocycles. The van der Waals surface area contributed by atoms with Crippen LogP contribution in [0, 0.1) is 10.1 Å². The number of carboxylic acid groups (broad SMARTS) is 1. The van der Waals surface area contributed by atoms with Gasteiger partial charge >= 0.3 is 17.2 Å². The minimum Gasteiger partial charge on any atom is -0.478 e. The second-order valence-electron chi connectivity index (χ2n) is 3.00. The summed E-state index contributed by atoms with van der Waals surface area (Å²) in [6.07, 6.45) is 3.43. The monoisotopic (exact) mass is 302 g/mol. The molecule has 1 N–H and O–H groups in total. The van der Waals surface area contributed by atoms with Crippen LogP contribution in [0.1, 0.15) is 0 Å². The Morgan fingerprint density at radius 3 is 2.82 bits per heavy atom. The molecule has 1 heterocycles. The number of aromatic nitrogens is 1. The van der Waals surface area contributed by atoms with Gasteiger partial charge in [-0.05, 0) is 15.9 Å². The Kier molecular flexibility index (Phi) is 4.16. The van der Waals surface area contributed by atoms with Crippen LogP contribution in [0.15, 0.2) is 33.7 Å². The Bertz CT molecular complexity index is 549. The number of hydrogen-bond acceptors (Lipinski definition) is 4. The van der Waals surface area contributed by atoms with E-state index in [4.69, 9.17) is 5.11 Å². The van der Waals surface area contributed by atoms with Crippen LogP contribution in [0.3, 0.4) is 0 Å². The summed E-state index contributed by atoms with van der Waals surface area (Å²) in [7, 11) is 0. The zero-order valence-electron chi connectivity index (χ0n) is 8.37. The Morgan fingerprint density at radius 2 is 2.29 bits per heavy atom. The first-order chi connectivity index (χ1) is 7.91. The molecule has 0 radical (unpaired) electrons. The van der Waals surface area contributed by atoms with E-state index in [-0.39, 0.29) is 6.54 Å². The molecule has 0 saturated heterocycles. The average molecular weight is 303 g/mol.